The fraction of sp³-hybridized carbons (Fsp3) is 0.0909. The fourth-order valence-electron chi connectivity index (χ4n) is 2.81. The number of benzene rings is 3. The summed E-state index contributed by atoms with van der Waals surface area (Å²) in [5.41, 5.74) is 4.80. The number of fused-ring (bicyclic) bond motifs is 1. The number of carbonyl (C=O) groups is 1. The van der Waals surface area contributed by atoms with E-state index in [9.17, 15) is 4.79 Å². The van der Waals surface area contributed by atoms with Crippen molar-refractivity contribution in [3.8, 4) is 10.6 Å². The highest BCUT2D eigenvalue weighted by Gasteiger charge is 2.07. The van der Waals surface area contributed by atoms with Crippen LogP contribution in [0.3, 0.4) is 0 Å². The summed E-state index contributed by atoms with van der Waals surface area (Å²) in [7, 11) is 0. The molecule has 0 atom stereocenters. The zero-order valence-corrected chi connectivity index (χ0v) is 15.7. The Morgan fingerprint density at radius 1 is 0.889 bits per heavy atom. The summed E-state index contributed by atoms with van der Waals surface area (Å²) in [5, 5.41) is 6.68. The summed E-state index contributed by atoms with van der Waals surface area (Å²) < 4.78 is 1.17. The number of rotatable bonds is 4. The lowest BCUT2D eigenvalue weighted by Gasteiger charge is -2.08. The van der Waals surface area contributed by atoms with E-state index >= 15 is 0 Å². The topological polar surface area (TPSA) is 54.0 Å². The minimum atomic E-state index is -0.257. The number of nitrogens with one attached hydrogen (secondary N) is 2. The maximum Gasteiger partial charge on any atom is 0.323 e. The Bertz CT molecular complexity index is 1040. The number of amides is 2. The number of aromatic nitrogens is 1. The molecular formula is C22H19N3OS. The summed E-state index contributed by atoms with van der Waals surface area (Å²) >= 11 is 1.66. The predicted molar refractivity (Wildman–Crippen MR) is 114 cm³/mol. The van der Waals surface area contributed by atoms with Crippen LogP contribution >= 0.6 is 11.3 Å². The van der Waals surface area contributed by atoms with Crippen molar-refractivity contribution >= 4 is 39.0 Å². The molecule has 4 nitrogen and oxygen atoms in total. The molecule has 0 bridgehead atoms. The quantitative estimate of drug-likeness (QED) is 0.449. The van der Waals surface area contributed by atoms with Crippen LogP contribution in [0.15, 0.2) is 72.8 Å². The second-order valence-electron chi connectivity index (χ2n) is 6.19. The van der Waals surface area contributed by atoms with Crippen molar-refractivity contribution in [2.24, 2.45) is 0 Å². The van der Waals surface area contributed by atoms with E-state index in [-0.39, 0.29) is 6.03 Å². The number of aryl methyl sites for hydroxylation is 1. The zero-order chi connectivity index (χ0) is 18.6. The lowest BCUT2D eigenvalue weighted by Crippen LogP contribution is -2.19. The molecule has 0 aliphatic rings. The second-order valence-corrected chi connectivity index (χ2v) is 7.22. The predicted octanol–water partition coefficient (Wildman–Crippen LogP) is 6.17. The molecule has 0 radical (unpaired) electrons. The number of nitrogens with zero attached hydrogens (tertiary/aromatic N) is 1. The minimum Gasteiger partial charge on any atom is -0.308 e. The van der Waals surface area contributed by atoms with Crippen LogP contribution < -0.4 is 10.6 Å². The molecule has 0 unspecified atom stereocenters. The average molecular weight is 373 g/mol. The fourth-order valence-corrected chi connectivity index (χ4v) is 3.78. The van der Waals surface area contributed by atoms with Crippen LogP contribution in [0.4, 0.5) is 16.2 Å². The van der Waals surface area contributed by atoms with Crippen molar-refractivity contribution in [1.82, 2.24) is 4.98 Å². The molecule has 2 N–H and O–H groups in total. The van der Waals surface area contributed by atoms with Gasteiger partial charge in [0, 0.05) is 16.9 Å². The van der Waals surface area contributed by atoms with Gasteiger partial charge in [-0.15, -0.1) is 11.3 Å². The van der Waals surface area contributed by atoms with Crippen LogP contribution in [-0.4, -0.2) is 11.0 Å². The molecule has 5 heteroatoms. The number of anilines is 2. The number of hydrogen-bond donors (Lipinski definition) is 2. The van der Waals surface area contributed by atoms with Gasteiger partial charge in [0.15, 0.2) is 0 Å². The van der Waals surface area contributed by atoms with Crippen LogP contribution in [0.5, 0.6) is 0 Å². The smallest absolute Gasteiger partial charge is 0.308 e. The first-order valence-electron chi connectivity index (χ1n) is 8.84. The second kappa shape index (κ2) is 7.60. The molecule has 0 saturated heterocycles. The van der Waals surface area contributed by atoms with Crippen LogP contribution in [0.2, 0.25) is 0 Å². The van der Waals surface area contributed by atoms with Crippen molar-refractivity contribution in [2.75, 3.05) is 10.6 Å². The van der Waals surface area contributed by atoms with Gasteiger partial charge in [-0.3, -0.25) is 0 Å². The first-order valence-corrected chi connectivity index (χ1v) is 9.66. The Morgan fingerprint density at radius 2 is 1.52 bits per heavy atom. The monoisotopic (exact) mass is 373 g/mol. The summed E-state index contributed by atoms with van der Waals surface area (Å²) in [5.74, 6) is 0. The van der Waals surface area contributed by atoms with Crippen molar-refractivity contribution in [2.45, 2.75) is 13.3 Å². The van der Waals surface area contributed by atoms with Gasteiger partial charge in [-0.05, 0) is 60.5 Å². The van der Waals surface area contributed by atoms with Crippen molar-refractivity contribution in [3.63, 3.8) is 0 Å². The number of urea groups is 1. The van der Waals surface area contributed by atoms with Gasteiger partial charge in [-0.25, -0.2) is 9.78 Å². The van der Waals surface area contributed by atoms with Gasteiger partial charge in [0.2, 0.25) is 0 Å². The van der Waals surface area contributed by atoms with E-state index in [2.05, 4.69) is 28.6 Å². The Balaban J connectivity index is 1.43. The van der Waals surface area contributed by atoms with E-state index in [0.717, 1.165) is 33.9 Å². The standard InChI is InChI=1S/C22H19N3OS/c1-2-15-7-11-17(12-8-15)23-22(26)24-18-13-9-16(10-14-18)21-25-19-5-3-4-6-20(19)27-21/h3-14H,2H2,1H3,(H2,23,24,26). The largest absolute Gasteiger partial charge is 0.323 e. The van der Waals surface area contributed by atoms with Gasteiger partial charge >= 0.3 is 6.03 Å². The molecular weight excluding hydrogens is 354 g/mol. The lowest BCUT2D eigenvalue weighted by molar-refractivity contribution is 0.262. The third-order valence-electron chi connectivity index (χ3n) is 4.30. The Labute approximate surface area is 161 Å². The molecule has 4 aromatic rings. The van der Waals surface area contributed by atoms with E-state index in [4.69, 9.17) is 0 Å². The molecule has 1 heterocycles. The molecule has 0 spiro atoms. The maximum absolute atomic E-state index is 12.2. The summed E-state index contributed by atoms with van der Waals surface area (Å²) in [6, 6.07) is 23.4. The minimum absolute atomic E-state index is 0.257. The molecule has 0 aliphatic heterocycles. The molecule has 0 fully saturated rings. The normalized spacial score (nSPS) is 10.7. The van der Waals surface area contributed by atoms with Crippen molar-refractivity contribution in [1.29, 1.82) is 0 Å². The van der Waals surface area contributed by atoms with Gasteiger partial charge in [-0.2, -0.15) is 0 Å². The zero-order valence-electron chi connectivity index (χ0n) is 14.9. The van der Waals surface area contributed by atoms with Crippen LogP contribution in [0.1, 0.15) is 12.5 Å². The number of hydrogen-bond acceptors (Lipinski definition) is 3. The SMILES string of the molecule is CCc1ccc(NC(=O)Nc2ccc(-c3nc4ccccc4s3)cc2)cc1. The number of carbonyl (C=O) groups excluding carboxylic acids is 1. The van der Waals surface area contributed by atoms with E-state index in [1.807, 2.05) is 66.7 Å². The molecule has 0 saturated carbocycles. The van der Waals surface area contributed by atoms with E-state index < -0.39 is 0 Å². The van der Waals surface area contributed by atoms with Crippen LogP contribution in [-0.2, 0) is 6.42 Å². The third-order valence-corrected chi connectivity index (χ3v) is 5.39. The Hall–Kier alpha value is -3.18. The van der Waals surface area contributed by atoms with Gasteiger partial charge in [-0.1, -0.05) is 31.2 Å². The van der Waals surface area contributed by atoms with Crippen LogP contribution in [0.25, 0.3) is 20.8 Å². The van der Waals surface area contributed by atoms with Crippen molar-refractivity contribution < 1.29 is 4.79 Å². The molecule has 1 aromatic heterocycles. The van der Waals surface area contributed by atoms with E-state index in [1.165, 1.54) is 10.3 Å². The van der Waals surface area contributed by atoms with E-state index in [0.29, 0.717) is 0 Å². The molecule has 134 valence electrons. The average Bonchev–Trinajstić information content (AvgIpc) is 3.13. The van der Waals surface area contributed by atoms with Crippen molar-refractivity contribution in [3.05, 3.63) is 78.4 Å². The number of para-hydroxylation sites is 1. The van der Waals surface area contributed by atoms with Crippen LogP contribution in [0, 0.1) is 0 Å². The first kappa shape index (κ1) is 17.2. The number of thiazole rings is 1. The van der Waals surface area contributed by atoms with Gasteiger partial charge < -0.3 is 10.6 Å². The van der Waals surface area contributed by atoms with Gasteiger partial charge in [0.25, 0.3) is 0 Å². The highest BCUT2D eigenvalue weighted by molar-refractivity contribution is 7.21. The summed E-state index contributed by atoms with van der Waals surface area (Å²) in [4.78, 5) is 16.8. The van der Waals surface area contributed by atoms with E-state index in [1.54, 1.807) is 11.3 Å². The third kappa shape index (κ3) is 3.99. The molecule has 27 heavy (non-hydrogen) atoms. The molecule has 0 aliphatic carbocycles. The Morgan fingerprint density at radius 3 is 2.15 bits per heavy atom. The maximum atomic E-state index is 12.2. The molecule has 4 rings (SSSR count). The van der Waals surface area contributed by atoms with Gasteiger partial charge in [0.05, 0.1) is 10.2 Å². The lowest BCUT2D eigenvalue weighted by atomic mass is 10.1. The summed E-state index contributed by atoms with van der Waals surface area (Å²) in [6.07, 6.45) is 0.980. The highest BCUT2D eigenvalue weighted by Crippen LogP contribution is 2.30. The highest BCUT2D eigenvalue weighted by atomic mass is 32.1. The van der Waals surface area contributed by atoms with Gasteiger partial charge in [0.1, 0.15) is 5.01 Å². The molecule has 3 aromatic carbocycles. The molecule has 2 amide bonds. The summed E-state index contributed by atoms with van der Waals surface area (Å²) in [6.45, 7) is 2.10. The Kier molecular flexibility index (Phi) is 4.85. The first-order chi connectivity index (χ1) is 13.2.